The van der Waals surface area contributed by atoms with Crippen molar-refractivity contribution in [3.63, 3.8) is 0 Å². The molecule has 176 valence electrons. The number of esters is 1. The van der Waals surface area contributed by atoms with Gasteiger partial charge in [-0.3, -0.25) is 0 Å². The Morgan fingerprint density at radius 2 is 2.00 bits per heavy atom. The molecule has 1 aromatic rings. The van der Waals surface area contributed by atoms with Crippen molar-refractivity contribution in [3.05, 3.63) is 43.4 Å². The van der Waals surface area contributed by atoms with Crippen molar-refractivity contribution < 1.29 is 51.6 Å². The summed E-state index contributed by atoms with van der Waals surface area (Å²) in [7, 11) is 0. The van der Waals surface area contributed by atoms with Gasteiger partial charge in [0, 0.05) is 16.5 Å². The third kappa shape index (κ3) is 7.00. The van der Waals surface area contributed by atoms with Crippen LogP contribution < -0.4 is 4.74 Å². The summed E-state index contributed by atoms with van der Waals surface area (Å²) < 4.78 is 59.8. The number of ether oxygens (including phenoxy) is 4. The lowest BCUT2D eigenvalue weighted by Crippen LogP contribution is -2.41. The monoisotopic (exact) mass is 527 g/mol. The molecule has 1 aromatic carbocycles. The highest BCUT2D eigenvalue weighted by Gasteiger charge is 2.49. The van der Waals surface area contributed by atoms with Crippen LogP contribution in [0.4, 0.5) is 18.0 Å². The van der Waals surface area contributed by atoms with Gasteiger partial charge in [0.15, 0.2) is 0 Å². The Bertz CT molecular complexity index is 920. The molecular formula is C18H17BrF3NO9. The average molecular weight is 528 g/mol. The largest absolute Gasteiger partial charge is 0.511 e. The second-order valence-electron chi connectivity index (χ2n) is 6.50. The van der Waals surface area contributed by atoms with Gasteiger partial charge in [-0.1, -0.05) is 15.9 Å². The predicted molar refractivity (Wildman–Crippen MR) is 103 cm³/mol. The van der Waals surface area contributed by atoms with Gasteiger partial charge in [0.25, 0.3) is 5.09 Å². The van der Waals surface area contributed by atoms with Gasteiger partial charge in [-0.25, -0.2) is 9.59 Å². The molecule has 0 fully saturated rings. The van der Waals surface area contributed by atoms with Gasteiger partial charge in [0.2, 0.25) is 12.9 Å². The molecule has 0 saturated carbocycles. The number of carbonyl (C=O) groups is 2. The first kappa shape index (κ1) is 25.2. The van der Waals surface area contributed by atoms with Crippen LogP contribution in [0.15, 0.2) is 22.2 Å². The molecule has 0 saturated heterocycles. The van der Waals surface area contributed by atoms with Crippen LogP contribution in [0.3, 0.4) is 0 Å². The van der Waals surface area contributed by atoms with E-state index in [1.165, 1.54) is 13.0 Å². The van der Waals surface area contributed by atoms with E-state index in [0.29, 0.717) is 10.0 Å². The first-order valence-electron chi connectivity index (χ1n) is 8.91. The smallest absolute Gasteiger partial charge is 0.475 e. The van der Waals surface area contributed by atoms with E-state index in [-0.39, 0.29) is 24.3 Å². The van der Waals surface area contributed by atoms with Gasteiger partial charge in [0.05, 0.1) is 12.2 Å². The molecule has 0 N–H and O–H groups in total. The molecule has 32 heavy (non-hydrogen) atoms. The van der Waals surface area contributed by atoms with E-state index in [9.17, 15) is 32.9 Å². The van der Waals surface area contributed by atoms with Crippen LogP contribution in [0.1, 0.15) is 24.5 Å². The fourth-order valence-electron chi connectivity index (χ4n) is 2.62. The Labute approximate surface area is 187 Å². The maximum atomic E-state index is 13.5. The maximum absolute atomic E-state index is 13.5. The quantitative estimate of drug-likeness (QED) is 0.212. The Hall–Kier alpha value is -3.03. The SMILES string of the molecule is Cc1cc(Br)cc2c1OC(C(F)(F)F)C(C(=O)OCOC(=O)O[C@@H](C)CCO[N+](=O)[O-])=C2. The molecular weight excluding hydrogens is 511 g/mol. The number of hydrogen-bond acceptors (Lipinski definition) is 9. The van der Waals surface area contributed by atoms with E-state index in [2.05, 4.69) is 30.2 Å². The molecule has 0 aliphatic carbocycles. The summed E-state index contributed by atoms with van der Waals surface area (Å²) in [4.78, 5) is 37.9. The molecule has 2 rings (SSSR count). The average Bonchev–Trinajstić information content (AvgIpc) is 2.65. The molecule has 0 radical (unpaired) electrons. The summed E-state index contributed by atoms with van der Waals surface area (Å²) in [6, 6.07) is 3.04. The Kier molecular flexibility index (Phi) is 8.30. The van der Waals surface area contributed by atoms with Crippen LogP contribution in [-0.2, 0) is 23.8 Å². The normalized spacial score (nSPS) is 16.1. The highest BCUT2D eigenvalue weighted by Crippen LogP contribution is 2.40. The highest BCUT2D eigenvalue weighted by molar-refractivity contribution is 9.10. The number of benzene rings is 1. The summed E-state index contributed by atoms with van der Waals surface area (Å²) in [5, 5.41) is 9.03. The molecule has 14 heteroatoms. The lowest BCUT2D eigenvalue weighted by molar-refractivity contribution is -0.758. The van der Waals surface area contributed by atoms with E-state index in [0.717, 1.165) is 6.08 Å². The molecule has 1 heterocycles. The van der Waals surface area contributed by atoms with Crippen LogP contribution in [0.2, 0.25) is 0 Å². The minimum atomic E-state index is -4.91. The lowest BCUT2D eigenvalue weighted by atomic mass is 9.99. The van der Waals surface area contributed by atoms with E-state index in [1.54, 1.807) is 13.0 Å². The predicted octanol–water partition coefficient (Wildman–Crippen LogP) is 4.11. The third-order valence-corrected chi connectivity index (χ3v) is 4.47. The zero-order valence-electron chi connectivity index (χ0n) is 16.6. The number of rotatable bonds is 8. The minimum absolute atomic E-state index is 0.0260. The van der Waals surface area contributed by atoms with Gasteiger partial charge >= 0.3 is 18.3 Å². The number of aryl methyl sites for hydroxylation is 1. The van der Waals surface area contributed by atoms with Crippen LogP contribution >= 0.6 is 15.9 Å². The maximum Gasteiger partial charge on any atom is 0.511 e. The zero-order chi connectivity index (χ0) is 24.1. The van der Waals surface area contributed by atoms with E-state index in [4.69, 9.17) is 9.47 Å². The third-order valence-electron chi connectivity index (χ3n) is 4.02. The number of carbonyl (C=O) groups excluding carboxylic acids is 2. The van der Waals surface area contributed by atoms with Gasteiger partial charge < -0.3 is 23.8 Å². The summed E-state index contributed by atoms with van der Waals surface area (Å²) in [6.07, 6.45) is -8.65. The fourth-order valence-corrected chi connectivity index (χ4v) is 3.21. The minimum Gasteiger partial charge on any atom is -0.475 e. The number of nitrogens with zero attached hydrogens (tertiary/aromatic N) is 1. The summed E-state index contributed by atoms with van der Waals surface area (Å²) >= 11 is 3.22. The topological polar surface area (TPSA) is 123 Å². The highest BCUT2D eigenvalue weighted by atomic mass is 79.9. The standard InChI is InChI=1S/C18H17BrF3NO9/c1-9-5-12(19)6-11-7-13(15(18(20,21)22)32-14(9)11)16(24)28-8-29-17(25)31-10(2)3-4-30-23(26)27/h5-7,10,15H,3-4,8H2,1-2H3/t10-,15?/m0/s1. The molecule has 0 amide bonds. The van der Waals surface area contributed by atoms with Gasteiger partial charge in [-0.2, -0.15) is 13.2 Å². The Morgan fingerprint density at radius 3 is 2.62 bits per heavy atom. The molecule has 0 spiro atoms. The van der Waals surface area contributed by atoms with Gasteiger partial charge in [0.1, 0.15) is 11.9 Å². The fraction of sp³-hybridized carbons (Fsp3) is 0.444. The van der Waals surface area contributed by atoms with Crippen molar-refractivity contribution in [1.29, 1.82) is 0 Å². The first-order valence-corrected chi connectivity index (χ1v) is 9.70. The van der Waals surface area contributed by atoms with Gasteiger partial charge in [-0.05, 0) is 37.6 Å². The van der Waals surface area contributed by atoms with E-state index in [1.807, 2.05) is 0 Å². The molecule has 10 nitrogen and oxygen atoms in total. The number of fused-ring (bicyclic) bond motifs is 1. The summed E-state index contributed by atoms with van der Waals surface area (Å²) in [5.74, 6) is -1.43. The lowest BCUT2D eigenvalue weighted by Gasteiger charge is -2.28. The van der Waals surface area contributed by atoms with Crippen LogP contribution in [0, 0.1) is 17.0 Å². The zero-order valence-corrected chi connectivity index (χ0v) is 18.2. The van der Waals surface area contributed by atoms with Crippen molar-refractivity contribution in [3.8, 4) is 5.75 Å². The van der Waals surface area contributed by atoms with E-state index < -0.39 is 48.0 Å². The molecule has 0 bridgehead atoms. The molecule has 1 unspecified atom stereocenters. The molecule has 2 atom stereocenters. The summed E-state index contributed by atoms with van der Waals surface area (Å²) in [6.45, 7) is 1.59. The Morgan fingerprint density at radius 1 is 1.31 bits per heavy atom. The van der Waals surface area contributed by atoms with Crippen molar-refractivity contribution in [1.82, 2.24) is 0 Å². The van der Waals surface area contributed by atoms with Crippen molar-refractivity contribution >= 4 is 34.1 Å². The van der Waals surface area contributed by atoms with Crippen LogP contribution in [-0.4, -0.2) is 49.0 Å². The van der Waals surface area contributed by atoms with Gasteiger partial charge in [-0.15, -0.1) is 10.1 Å². The molecule has 0 aromatic heterocycles. The van der Waals surface area contributed by atoms with Crippen LogP contribution in [0.5, 0.6) is 5.75 Å². The molecule has 1 aliphatic rings. The summed E-state index contributed by atoms with van der Waals surface area (Å²) in [5.41, 5.74) is -0.170. The van der Waals surface area contributed by atoms with Crippen molar-refractivity contribution in [2.45, 2.75) is 38.7 Å². The Balaban J connectivity index is 1.99. The number of alkyl halides is 3. The number of halogens is 4. The van der Waals surface area contributed by atoms with Crippen molar-refractivity contribution in [2.24, 2.45) is 0 Å². The van der Waals surface area contributed by atoms with Crippen LogP contribution in [0.25, 0.3) is 6.08 Å². The molecule has 1 aliphatic heterocycles. The second kappa shape index (κ2) is 10.5. The number of hydrogen-bond donors (Lipinski definition) is 0. The second-order valence-corrected chi connectivity index (χ2v) is 7.41. The van der Waals surface area contributed by atoms with Crippen molar-refractivity contribution in [2.75, 3.05) is 13.4 Å². The van der Waals surface area contributed by atoms with E-state index >= 15 is 0 Å². The first-order chi connectivity index (χ1) is 14.9.